The summed E-state index contributed by atoms with van der Waals surface area (Å²) in [5.41, 5.74) is 4.06. The van der Waals surface area contributed by atoms with Gasteiger partial charge in [-0.05, 0) is 30.2 Å². The van der Waals surface area contributed by atoms with Crippen molar-refractivity contribution < 1.29 is 4.79 Å². The number of hydrogen-bond acceptors (Lipinski definition) is 4. The molecule has 0 amide bonds. The van der Waals surface area contributed by atoms with Gasteiger partial charge in [-0.25, -0.2) is 0 Å². The summed E-state index contributed by atoms with van der Waals surface area (Å²) >= 11 is 1.42. The zero-order valence-electron chi connectivity index (χ0n) is 16.2. The van der Waals surface area contributed by atoms with E-state index in [1.54, 1.807) is 0 Å². The molecule has 4 aromatic rings. The molecule has 4 rings (SSSR count). The zero-order valence-corrected chi connectivity index (χ0v) is 17.0. The van der Waals surface area contributed by atoms with Crippen LogP contribution in [0, 0.1) is 6.92 Å². The molecule has 1 aromatic heterocycles. The smallest absolute Gasteiger partial charge is 0.196 e. The molecule has 3 aromatic carbocycles. The molecule has 144 valence electrons. The van der Waals surface area contributed by atoms with Gasteiger partial charge in [0.05, 0.1) is 5.75 Å². The minimum atomic E-state index is 0.0824. The average Bonchev–Trinajstić information content (AvgIpc) is 3.15. The molecule has 1 heterocycles. The molecule has 0 fully saturated rings. The molecule has 5 heteroatoms. The van der Waals surface area contributed by atoms with E-state index in [9.17, 15) is 4.79 Å². The van der Waals surface area contributed by atoms with Gasteiger partial charge in [0.2, 0.25) is 0 Å². The summed E-state index contributed by atoms with van der Waals surface area (Å²) in [6.07, 6.45) is 0.676. The van der Waals surface area contributed by atoms with E-state index in [-0.39, 0.29) is 5.78 Å². The molecule has 0 aliphatic rings. The lowest BCUT2D eigenvalue weighted by atomic mass is 10.1. The van der Waals surface area contributed by atoms with Crippen LogP contribution in [0.25, 0.3) is 5.69 Å². The topological polar surface area (TPSA) is 47.8 Å². The number of thioether (sulfide) groups is 1. The first-order valence-corrected chi connectivity index (χ1v) is 10.5. The van der Waals surface area contributed by atoms with Crippen molar-refractivity contribution in [3.05, 3.63) is 107 Å². The fourth-order valence-corrected chi connectivity index (χ4v) is 4.02. The number of Topliss-reactive ketones (excluding diaryl/α,β-unsaturated/α-hetero) is 1. The molecule has 0 saturated carbocycles. The number of aromatic nitrogens is 3. The van der Waals surface area contributed by atoms with Crippen LogP contribution in [0.15, 0.2) is 90.1 Å². The summed E-state index contributed by atoms with van der Waals surface area (Å²) < 4.78 is 2.06. The number of aryl methyl sites for hydroxylation is 1. The summed E-state index contributed by atoms with van der Waals surface area (Å²) in [7, 11) is 0. The largest absolute Gasteiger partial charge is 0.293 e. The summed E-state index contributed by atoms with van der Waals surface area (Å²) in [6, 6.07) is 27.8. The predicted molar refractivity (Wildman–Crippen MR) is 117 cm³/mol. The van der Waals surface area contributed by atoms with E-state index < -0.39 is 0 Å². The minimum Gasteiger partial charge on any atom is -0.293 e. The van der Waals surface area contributed by atoms with Crippen LogP contribution in [-0.2, 0) is 6.42 Å². The highest BCUT2D eigenvalue weighted by Gasteiger charge is 2.17. The molecule has 0 spiro atoms. The third-order valence-electron chi connectivity index (χ3n) is 4.59. The Morgan fingerprint density at radius 2 is 1.62 bits per heavy atom. The molecule has 0 unspecified atom stereocenters. The second kappa shape index (κ2) is 8.88. The molecule has 0 radical (unpaired) electrons. The summed E-state index contributed by atoms with van der Waals surface area (Å²) in [4.78, 5) is 12.5. The van der Waals surface area contributed by atoms with Gasteiger partial charge in [-0.2, -0.15) is 0 Å². The molecule has 0 aliphatic carbocycles. The quantitative estimate of drug-likeness (QED) is 0.319. The second-order valence-electron chi connectivity index (χ2n) is 6.81. The highest BCUT2D eigenvalue weighted by atomic mass is 32.2. The van der Waals surface area contributed by atoms with Gasteiger partial charge < -0.3 is 0 Å². The SMILES string of the molecule is Cc1cccc(-n2c(Cc3ccccc3)nnc2SCC(=O)c2ccccc2)c1. The highest BCUT2D eigenvalue weighted by Crippen LogP contribution is 2.25. The van der Waals surface area contributed by atoms with E-state index in [0.29, 0.717) is 17.7 Å². The summed E-state index contributed by atoms with van der Waals surface area (Å²) in [5.74, 6) is 1.26. The van der Waals surface area contributed by atoms with E-state index in [1.165, 1.54) is 17.3 Å². The van der Waals surface area contributed by atoms with Crippen molar-refractivity contribution in [2.45, 2.75) is 18.5 Å². The lowest BCUT2D eigenvalue weighted by molar-refractivity contribution is 0.102. The number of carbonyl (C=O) groups is 1. The van der Waals surface area contributed by atoms with Crippen molar-refractivity contribution in [2.24, 2.45) is 0 Å². The van der Waals surface area contributed by atoms with Crippen molar-refractivity contribution in [3.8, 4) is 5.69 Å². The maximum absolute atomic E-state index is 12.5. The second-order valence-corrected chi connectivity index (χ2v) is 7.76. The van der Waals surface area contributed by atoms with Crippen molar-refractivity contribution in [1.82, 2.24) is 14.8 Å². The van der Waals surface area contributed by atoms with Crippen molar-refractivity contribution in [2.75, 3.05) is 5.75 Å². The molecular weight excluding hydrogens is 378 g/mol. The van der Waals surface area contributed by atoms with E-state index in [2.05, 4.69) is 46.0 Å². The van der Waals surface area contributed by atoms with Crippen LogP contribution in [0.2, 0.25) is 0 Å². The van der Waals surface area contributed by atoms with E-state index >= 15 is 0 Å². The Morgan fingerprint density at radius 3 is 2.34 bits per heavy atom. The van der Waals surface area contributed by atoms with Crippen LogP contribution in [0.4, 0.5) is 0 Å². The number of rotatable bonds is 7. The highest BCUT2D eigenvalue weighted by molar-refractivity contribution is 7.99. The third-order valence-corrected chi connectivity index (χ3v) is 5.52. The first-order valence-electron chi connectivity index (χ1n) is 9.47. The number of ketones is 1. The average molecular weight is 400 g/mol. The van der Waals surface area contributed by atoms with Gasteiger partial charge in [-0.1, -0.05) is 84.6 Å². The van der Waals surface area contributed by atoms with Crippen molar-refractivity contribution >= 4 is 17.5 Å². The normalized spacial score (nSPS) is 10.8. The zero-order chi connectivity index (χ0) is 20.1. The Labute approximate surface area is 174 Å². The van der Waals surface area contributed by atoms with Gasteiger partial charge in [0, 0.05) is 17.7 Å². The van der Waals surface area contributed by atoms with Crippen LogP contribution in [0.1, 0.15) is 27.3 Å². The molecule has 0 atom stereocenters. The Kier molecular flexibility index (Phi) is 5.86. The maximum atomic E-state index is 12.5. The molecule has 0 bridgehead atoms. The number of carbonyl (C=O) groups excluding carboxylic acids is 1. The molecule has 4 nitrogen and oxygen atoms in total. The predicted octanol–water partition coefficient (Wildman–Crippen LogP) is 5.14. The number of nitrogens with zero attached hydrogens (tertiary/aromatic N) is 3. The Hall–Kier alpha value is -3.18. The fraction of sp³-hybridized carbons (Fsp3) is 0.125. The number of benzene rings is 3. The van der Waals surface area contributed by atoms with Crippen LogP contribution in [0.3, 0.4) is 0 Å². The Bertz CT molecular complexity index is 1110. The minimum absolute atomic E-state index is 0.0824. The monoisotopic (exact) mass is 399 g/mol. The molecule has 0 saturated heterocycles. The fourth-order valence-electron chi connectivity index (χ4n) is 3.15. The molecule has 0 N–H and O–H groups in total. The maximum Gasteiger partial charge on any atom is 0.196 e. The van der Waals surface area contributed by atoms with E-state index in [0.717, 1.165) is 22.2 Å². The number of hydrogen-bond donors (Lipinski definition) is 0. The first kappa shape index (κ1) is 19.2. The first-order chi connectivity index (χ1) is 14.2. The van der Waals surface area contributed by atoms with Crippen molar-refractivity contribution in [3.63, 3.8) is 0 Å². The summed E-state index contributed by atoms with van der Waals surface area (Å²) in [5, 5.41) is 9.58. The third kappa shape index (κ3) is 4.63. The van der Waals surface area contributed by atoms with Gasteiger partial charge in [0.1, 0.15) is 5.82 Å². The van der Waals surface area contributed by atoms with E-state index in [4.69, 9.17) is 0 Å². The van der Waals surface area contributed by atoms with Gasteiger partial charge in [0.15, 0.2) is 10.9 Å². The summed E-state index contributed by atoms with van der Waals surface area (Å²) in [6.45, 7) is 2.07. The van der Waals surface area contributed by atoms with Crippen molar-refractivity contribution in [1.29, 1.82) is 0 Å². The Balaban J connectivity index is 1.63. The van der Waals surface area contributed by atoms with Gasteiger partial charge in [-0.3, -0.25) is 9.36 Å². The van der Waals surface area contributed by atoms with Gasteiger partial charge >= 0.3 is 0 Å². The molecule has 29 heavy (non-hydrogen) atoms. The van der Waals surface area contributed by atoms with Crippen LogP contribution < -0.4 is 0 Å². The lowest BCUT2D eigenvalue weighted by Crippen LogP contribution is -2.06. The molecular formula is C24H21N3OS. The van der Waals surface area contributed by atoms with Gasteiger partial charge in [-0.15, -0.1) is 10.2 Å². The lowest BCUT2D eigenvalue weighted by Gasteiger charge is -2.11. The van der Waals surface area contributed by atoms with Crippen LogP contribution >= 0.6 is 11.8 Å². The Morgan fingerprint density at radius 1 is 0.897 bits per heavy atom. The molecule has 0 aliphatic heterocycles. The van der Waals surface area contributed by atoms with E-state index in [1.807, 2.05) is 60.7 Å². The van der Waals surface area contributed by atoms with Gasteiger partial charge in [0.25, 0.3) is 0 Å². The van der Waals surface area contributed by atoms with Crippen LogP contribution in [-0.4, -0.2) is 26.3 Å². The van der Waals surface area contributed by atoms with Crippen LogP contribution in [0.5, 0.6) is 0 Å². The standard InChI is InChI=1S/C24H21N3OS/c1-18-9-8-14-21(15-18)27-23(16-19-10-4-2-5-11-19)25-26-24(27)29-17-22(28)20-12-6-3-7-13-20/h2-15H,16-17H2,1H3.